The minimum absolute atomic E-state index is 0.150. The molecule has 0 aliphatic carbocycles. The molecule has 1 heterocycles. The molecule has 0 aromatic heterocycles. The largest absolute Gasteiger partial charge is 0.372 e. The zero-order valence-electron chi connectivity index (χ0n) is 11.5. The Hall–Kier alpha value is -0.840. The van der Waals surface area contributed by atoms with E-state index < -0.39 is 0 Å². The van der Waals surface area contributed by atoms with Gasteiger partial charge in [-0.25, -0.2) is 0 Å². The van der Waals surface area contributed by atoms with E-state index in [1.165, 1.54) is 10.5 Å². The molecule has 2 atom stereocenters. The van der Waals surface area contributed by atoms with Gasteiger partial charge < -0.3 is 14.8 Å². The Morgan fingerprint density at radius 2 is 2.21 bits per heavy atom. The number of benzene rings is 1. The first-order valence-electron chi connectivity index (χ1n) is 6.64. The van der Waals surface area contributed by atoms with Crippen molar-refractivity contribution in [3.63, 3.8) is 0 Å². The van der Waals surface area contributed by atoms with E-state index in [0.717, 1.165) is 19.3 Å². The van der Waals surface area contributed by atoms with Crippen molar-refractivity contribution in [2.24, 2.45) is 0 Å². The zero-order valence-corrected chi connectivity index (χ0v) is 12.3. The SMILES string of the molecule is CSc1ccc(C2NCCOC2(C)CCC=O)cc1. The van der Waals surface area contributed by atoms with Gasteiger partial charge in [-0.1, -0.05) is 12.1 Å². The van der Waals surface area contributed by atoms with Crippen molar-refractivity contribution in [1.82, 2.24) is 5.32 Å². The van der Waals surface area contributed by atoms with Crippen molar-refractivity contribution in [2.45, 2.75) is 36.3 Å². The average Bonchev–Trinajstić information content (AvgIpc) is 2.46. The van der Waals surface area contributed by atoms with Gasteiger partial charge in [0.25, 0.3) is 0 Å². The Morgan fingerprint density at radius 3 is 2.84 bits per heavy atom. The predicted molar refractivity (Wildman–Crippen MR) is 78.6 cm³/mol. The van der Waals surface area contributed by atoms with E-state index in [2.05, 4.69) is 42.8 Å². The van der Waals surface area contributed by atoms with Gasteiger partial charge in [0.2, 0.25) is 0 Å². The normalized spacial score (nSPS) is 27.2. The molecule has 0 radical (unpaired) electrons. The van der Waals surface area contributed by atoms with Crippen LogP contribution in [0, 0.1) is 0 Å². The van der Waals surface area contributed by atoms with Gasteiger partial charge in [-0.05, 0) is 37.3 Å². The number of carbonyl (C=O) groups is 1. The fourth-order valence-electron chi connectivity index (χ4n) is 2.62. The molecule has 2 unspecified atom stereocenters. The maximum absolute atomic E-state index is 10.6. The lowest BCUT2D eigenvalue weighted by Gasteiger charge is -2.42. The summed E-state index contributed by atoms with van der Waals surface area (Å²) in [6.07, 6.45) is 4.33. The van der Waals surface area contributed by atoms with Crippen LogP contribution < -0.4 is 5.32 Å². The number of carbonyl (C=O) groups excluding carboxylic acids is 1. The zero-order chi connectivity index (χ0) is 13.7. The van der Waals surface area contributed by atoms with Gasteiger partial charge in [0.05, 0.1) is 18.2 Å². The molecular formula is C15H21NO2S. The van der Waals surface area contributed by atoms with Gasteiger partial charge in [0.15, 0.2) is 0 Å². The van der Waals surface area contributed by atoms with Crippen LogP contribution in [-0.4, -0.2) is 31.3 Å². The van der Waals surface area contributed by atoms with Crippen molar-refractivity contribution < 1.29 is 9.53 Å². The van der Waals surface area contributed by atoms with E-state index in [1.54, 1.807) is 11.8 Å². The van der Waals surface area contributed by atoms with Crippen LogP contribution in [0.15, 0.2) is 29.2 Å². The predicted octanol–water partition coefficient (Wildman–Crippen LogP) is 2.81. The van der Waals surface area contributed by atoms with Gasteiger partial charge in [-0.15, -0.1) is 11.8 Å². The highest BCUT2D eigenvalue weighted by atomic mass is 32.2. The molecule has 0 saturated carbocycles. The number of morpholine rings is 1. The van der Waals surface area contributed by atoms with Crippen LogP contribution in [0.1, 0.15) is 31.4 Å². The Bertz CT molecular complexity index is 421. The molecule has 1 aliphatic heterocycles. The molecule has 19 heavy (non-hydrogen) atoms. The molecule has 0 spiro atoms. The van der Waals surface area contributed by atoms with E-state index in [1.807, 2.05) is 0 Å². The maximum atomic E-state index is 10.6. The summed E-state index contributed by atoms with van der Waals surface area (Å²) in [5.74, 6) is 0. The first kappa shape index (κ1) is 14.6. The standard InChI is InChI=1S/C15H21NO2S/c1-15(8-3-10-17)14(16-9-11-18-15)12-4-6-13(19-2)7-5-12/h4-7,10,14,16H,3,8-9,11H2,1-2H3. The highest BCUT2D eigenvalue weighted by molar-refractivity contribution is 7.98. The van der Waals surface area contributed by atoms with Gasteiger partial charge >= 0.3 is 0 Å². The van der Waals surface area contributed by atoms with Gasteiger partial charge in [-0.2, -0.15) is 0 Å². The quantitative estimate of drug-likeness (QED) is 0.664. The number of hydrogen-bond donors (Lipinski definition) is 1. The summed E-state index contributed by atoms with van der Waals surface area (Å²) in [5.41, 5.74) is 0.922. The van der Waals surface area contributed by atoms with E-state index in [0.29, 0.717) is 13.0 Å². The highest BCUT2D eigenvalue weighted by Crippen LogP contribution is 2.35. The Kier molecular flexibility index (Phi) is 5.02. The summed E-state index contributed by atoms with van der Waals surface area (Å²) in [5, 5.41) is 3.52. The first-order chi connectivity index (χ1) is 9.19. The van der Waals surface area contributed by atoms with Crippen molar-refractivity contribution in [1.29, 1.82) is 0 Å². The monoisotopic (exact) mass is 279 g/mol. The summed E-state index contributed by atoms with van der Waals surface area (Å²) in [6.45, 7) is 3.65. The molecule has 1 aromatic carbocycles. The molecule has 2 rings (SSSR count). The number of rotatable bonds is 5. The lowest BCUT2D eigenvalue weighted by atomic mass is 9.85. The van der Waals surface area contributed by atoms with E-state index >= 15 is 0 Å². The highest BCUT2D eigenvalue weighted by Gasteiger charge is 2.38. The van der Waals surface area contributed by atoms with E-state index in [-0.39, 0.29) is 11.6 Å². The minimum atomic E-state index is -0.306. The van der Waals surface area contributed by atoms with Crippen LogP contribution in [0.4, 0.5) is 0 Å². The molecule has 0 bridgehead atoms. The summed E-state index contributed by atoms with van der Waals surface area (Å²) < 4.78 is 5.96. The van der Waals surface area contributed by atoms with Crippen molar-refractivity contribution >= 4 is 18.0 Å². The number of aldehydes is 1. The fourth-order valence-corrected chi connectivity index (χ4v) is 3.02. The third-order valence-electron chi connectivity index (χ3n) is 3.70. The second kappa shape index (κ2) is 6.55. The summed E-state index contributed by atoms with van der Waals surface area (Å²) >= 11 is 1.74. The molecule has 1 N–H and O–H groups in total. The third kappa shape index (κ3) is 3.38. The van der Waals surface area contributed by atoms with Crippen LogP contribution in [0.3, 0.4) is 0 Å². The van der Waals surface area contributed by atoms with Gasteiger partial charge in [0.1, 0.15) is 6.29 Å². The molecule has 1 fully saturated rings. The van der Waals surface area contributed by atoms with Gasteiger partial charge in [0, 0.05) is 17.9 Å². The molecule has 0 amide bonds. The molecule has 3 nitrogen and oxygen atoms in total. The lowest BCUT2D eigenvalue weighted by Crippen LogP contribution is -2.50. The second-order valence-corrected chi connectivity index (χ2v) is 5.91. The average molecular weight is 279 g/mol. The van der Waals surface area contributed by atoms with Gasteiger partial charge in [-0.3, -0.25) is 0 Å². The van der Waals surface area contributed by atoms with Crippen molar-refractivity contribution in [3.05, 3.63) is 29.8 Å². The summed E-state index contributed by atoms with van der Waals surface area (Å²) in [6, 6.07) is 8.72. The lowest BCUT2D eigenvalue weighted by molar-refractivity contribution is -0.114. The molecule has 4 heteroatoms. The molecule has 1 saturated heterocycles. The van der Waals surface area contributed by atoms with Crippen LogP contribution in [-0.2, 0) is 9.53 Å². The van der Waals surface area contributed by atoms with Crippen molar-refractivity contribution in [2.75, 3.05) is 19.4 Å². The third-order valence-corrected chi connectivity index (χ3v) is 4.44. The minimum Gasteiger partial charge on any atom is -0.372 e. The fraction of sp³-hybridized carbons (Fsp3) is 0.533. The number of hydrogen-bond acceptors (Lipinski definition) is 4. The van der Waals surface area contributed by atoms with E-state index in [4.69, 9.17) is 4.74 Å². The number of ether oxygens (including phenoxy) is 1. The summed E-state index contributed by atoms with van der Waals surface area (Å²) in [7, 11) is 0. The first-order valence-corrected chi connectivity index (χ1v) is 7.87. The number of nitrogens with one attached hydrogen (secondary N) is 1. The maximum Gasteiger partial charge on any atom is 0.120 e. The Labute approximate surface area is 119 Å². The second-order valence-electron chi connectivity index (χ2n) is 5.03. The number of thioether (sulfide) groups is 1. The Morgan fingerprint density at radius 1 is 1.47 bits per heavy atom. The van der Waals surface area contributed by atoms with Crippen LogP contribution in [0.25, 0.3) is 0 Å². The van der Waals surface area contributed by atoms with Crippen LogP contribution >= 0.6 is 11.8 Å². The molecule has 104 valence electrons. The molecule has 1 aromatic rings. The van der Waals surface area contributed by atoms with Crippen LogP contribution in [0.5, 0.6) is 0 Å². The summed E-state index contributed by atoms with van der Waals surface area (Å²) in [4.78, 5) is 11.9. The smallest absolute Gasteiger partial charge is 0.120 e. The topological polar surface area (TPSA) is 38.3 Å². The van der Waals surface area contributed by atoms with Crippen LogP contribution in [0.2, 0.25) is 0 Å². The molecule has 1 aliphatic rings. The van der Waals surface area contributed by atoms with Crippen molar-refractivity contribution in [3.8, 4) is 0 Å². The molecular weight excluding hydrogens is 258 g/mol. The Balaban J connectivity index is 2.20. The van der Waals surface area contributed by atoms with E-state index in [9.17, 15) is 4.79 Å².